The van der Waals surface area contributed by atoms with Gasteiger partial charge in [-0.15, -0.1) is 0 Å². The Bertz CT molecular complexity index is 1260. The number of hydrogen-bond acceptors (Lipinski definition) is 3. The molecule has 0 aromatic heterocycles. The zero-order chi connectivity index (χ0) is 28.4. The number of fused-ring (bicyclic) bond motifs is 2. The summed E-state index contributed by atoms with van der Waals surface area (Å²) in [4.78, 5) is 5.03. The van der Waals surface area contributed by atoms with Crippen LogP contribution in [0.2, 0.25) is 0 Å². The van der Waals surface area contributed by atoms with Crippen LogP contribution in [0.1, 0.15) is 105 Å². The summed E-state index contributed by atoms with van der Waals surface area (Å²) < 4.78 is 0. The van der Waals surface area contributed by atoms with Gasteiger partial charge in [-0.3, -0.25) is 0 Å². The van der Waals surface area contributed by atoms with Crippen LogP contribution in [-0.2, 0) is 11.0 Å². The van der Waals surface area contributed by atoms with Gasteiger partial charge in [0.05, 0.1) is 22.7 Å². The van der Waals surface area contributed by atoms with E-state index in [0.717, 1.165) is 12.8 Å². The Balaban J connectivity index is 0.00000172. The Hall–Kier alpha value is -2.78. The van der Waals surface area contributed by atoms with E-state index in [2.05, 4.69) is 112 Å². The largest absolute Gasteiger partial charge is 0.341 e. The number of para-hydroxylation sites is 2. The van der Waals surface area contributed by atoms with Crippen LogP contribution in [0.5, 0.6) is 0 Å². The Morgan fingerprint density at radius 2 is 1.38 bits per heavy atom. The first kappa shape index (κ1) is 29.2. The molecule has 3 aromatic rings. The molecule has 3 aromatic carbocycles. The van der Waals surface area contributed by atoms with E-state index in [1.165, 1.54) is 77.1 Å². The van der Waals surface area contributed by atoms with Gasteiger partial charge in [-0.2, -0.15) is 0 Å². The first-order chi connectivity index (χ1) is 18.7. The van der Waals surface area contributed by atoms with E-state index in [0.29, 0.717) is 6.04 Å². The zero-order valence-corrected chi connectivity index (χ0v) is 25.8. The maximum atomic E-state index is 7.04. The Morgan fingerprint density at radius 1 is 0.769 bits per heavy atom. The Kier molecular flexibility index (Phi) is 8.81. The highest BCUT2D eigenvalue weighted by Gasteiger charge is 2.33. The highest BCUT2D eigenvalue weighted by Crippen LogP contribution is 2.51. The molecular formula is C36H51N3. The summed E-state index contributed by atoms with van der Waals surface area (Å²) in [6.45, 7) is 15.3. The fourth-order valence-electron chi connectivity index (χ4n) is 6.42. The normalized spacial score (nSPS) is 15.8. The van der Waals surface area contributed by atoms with E-state index in [9.17, 15) is 0 Å². The van der Waals surface area contributed by atoms with Crippen LogP contribution >= 0.6 is 0 Å². The molecule has 39 heavy (non-hydrogen) atoms. The molecule has 0 amide bonds. The van der Waals surface area contributed by atoms with E-state index in [4.69, 9.17) is 5.73 Å². The fraction of sp³-hybridized carbons (Fsp3) is 0.500. The molecule has 5 rings (SSSR count). The van der Waals surface area contributed by atoms with Gasteiger partial charge in [-0.25, -0.2) is 0 Å². The zero-order valence-electron chi connectivity index (χ0n) is 25.8. The van der Waals surface area contributed by atoms with Gasteiger partial charge in [0, 0.05) is 18.6 Å². The Morgan fingerprint density at radius 3 is 2.00 bits per heavy atom. The smallest absolute Gasteiger partial charge is 0.0656 e. The third-order valence-electron chi connectivity index (χ3n) is 9.03. The van der Waals surface area contributed by atoms with Crippen LogP contribution in [0.15, 0.2) is 60.7 Å². The van der Waals surface area contributed by atoms with Gasteiger partial charge in [-0.1, -0.05) is 104 Å². The molecule has 210 valence electrons. The first-order valence-electron chi connectivity index (χ1n) is 15.4. The van der Waals surface area contributed by atoms with Crippen LogP contribution < -0.4 is 15.5 Å². The molecule has 1 aliphatic heterocycles. The lowest BCUT2D eigenvalue weighted by atomic mass is 9.77. The van der Waals surface area contributed by atoms with E-state index in [1.54, 1.807) is 0 Å². The summed E-state index contributed by atoms with van der Waals surface area (Å²) in [5.74, 6) is 0. The monoisotopic (exact) mass is 525 g/mol. The number of hydrogen-bond donors (Lipinski definition) is 1. The molecule has 0 spiro atoms. The number of anilines is 4. The molecule has 3 heteroatoms. The Labute approximate surface area is 238 Å². The molecule has 2 aliphatic rings. The van der Waals surface area contributed by atoms with Gasteiger partial charge in [-0.05, 0) is 77.6 Å². The van der Waals surface area contributed by atoms with Crippen molar-refractivity contribution in [2.75, 3.05) is 16.8 Å². The van der Waals surface area contributed by atoms with E-state index < -0.39 is 0 Å². The van der Waals surface area contributed by atoms with Crippen molar-refractivity contribution in [2.45, 2.75) is 110 Å². The van der Waals surface area contributed by atoms with Crippen LogP contribution in [0.25, 0.3) is 11.1 Å². The minimum atomic E-state index is -0.339. The minimum Gasteiger partial charge on any atom is -0.341 e. The molecule has 0 saturated heterocycles. The fourth-order valence-corrected chi connectivity index (χ4v) is 6.42. The topological polar surface area (TPSA) is 32.5 Å². The molecule has 1 saturated carbocycles. The summed E-state index contributed by atoms with van der Waals surface area (Å²) in [6.07, 6.45) is 8.36. The van der Waals surface area contributed by atoms with Crippen LogP contribution in [0, 0.1) is 0 Å². The average Bonchev–Trinajstić information content (AvgIpc) is 2.97. The molecule has 0 unspecified atom stereocenters. The highest BCUT2D eigenvalue weighted by molar-refractivity contribution is 5.95. The van der Waals surface area contributed by atoms with Crippen LogP contribution in [0.3, 0.4) is 0 Å². The lowest BCUT2D eigenvalue weighted by molar-refractivity contribution is 0.413. The molecule has 1 heterocycles. The molecule has 0 radical (unpaired) electrons. The van der Waals surface area contributed by atoms with Crippen LogP contribution in [0.4, 0.5) is 22.7 Å². The van der Waals surface area contributed by atoms with Gasteiger partial charge in [0.2, 0.25) is 0 Å². The maximum absolute atomic E-state index is 7.04. The van der Waals surface area contributed by atoms with Gasteiger partial charge >= 0.3 is 0 Å². The second-order valence-corrected chi connectivity index (χ2v) is 12.3. The van der Waals surface area contributed by atoms with E-state index in [1.807, 2.05) is 13.8 Å². The first-order valence-corrected chi connectivity index (χ1v) is 15.4. The molecule has 1 aliphatic carbocycles. The van der Waals surface area contributed by atoms with Gasteiger partial charge < -0.3 is 15.5 Å². The van der Waals surface area contributed by atoms with Crippen molar-refractivity contribution >= 4 is 22.7 Å². The molecule has 0 atom stereocenters. The lowest BCUT2D eigenvalue weighted by Crippen LogP contribution is -2.37. The van der Waals surface area contributed by atoms with Gasteiger partial charge in [0.15, 0.2) is 0 Å². The highest BCUT2D eigenvalue weighted by atomic mass is 15.3. The summed E-state index contributed by atoms with van der Waals surface area (Å²) >= 11 is 0. The van der Waals surface area contributed by atoms with Crippen molar-refractivity contribution in [3.63, 3.8) is 0 Å². The quantitative estimate of drug-likeness (QED) is 0.359. The standard InChI is InChI=1S/C34H45N3.C2H6/c1-7-34(35,8-2)28-20-19-25(33(3,4)5)23-27(28)24-18-21-31-32(22-24)36(6)29-16-12-13-17-30(29)37(31)26-14-10-9-11-15-26;1-2/h12-13,16-23,26H,7-11,14-15,35H2,1-6H3;1-2H3. The number of nitrogens with two attached hydrogens (primary N) is 1. The van der Waals surface area contributed by atoms with Crippen molar-refractivity contribution in [1.29, 1.82) is 0 Å². The second kappa shape index (κ2) is 11.8. The van der Waals surface area contributed by atoms with Crippen molar-refractivity contribution in [3.8, 4) is 11.1 Å². The molecule has 3 nitrogen and oxygen atoms in total. The third-order valence-corrected chi connectivity index (χ3v) is 9.03. The van der Waals surface area contributed by atoms with Crippen molar-refractivity contribution in [3.05, 3.63) is 71.8 Å². The third kappa shape index (κ3) is 5.48. The molecular weight excluding hydrogens is 474 g/mol. The lowest BCUT2D eigenvalue weighted by Gasteiger charge is -2.44. The van der Waals surface area contributed by atoms with Crippen LogP contribution in [-0.4, -0.2) is 13.1 Å². The average molecular weight is 526 g/mol. The van der Waals surface area contributed by atoms with E-state index >= 15 is 0 Å². The van der Waals surface area contributed by atoms with Crippen molar-refractivity contribution < 1.29 is 0 Å². The van der Waals surface area contributed by atoms with Crippen molar-refractivity contribution in [1.82, 2.24) is 0 Å². The maximum Gasteiger partial charge on any atom is 0.0656 e. The predicted molar refractivity (Wildman–Crippen MR) is 172 cm³/mol. The van der Waals surface area contributed by atoms with E-state index in [-0.39, 0.29) is 11.0 Å². The molecule has 1 fully saturated rings. The number of benzene rings is 3. The second-order valence-electron chi connectivity index (χ2n) is 12.3. The minimum absolute atomic E-state index is 0.0741. The van der Waals surface area contributed by atoms with Gasteiger partial charge in [0.25, 0.3) is 0 Å². The summed E-state index contributed by atoms with van der Waals surface area (Å²) in [6, 6.07) is 23.6. The number of rotatable bonds is 5. The predicted octanol–water partition coefficient (Wildman–Crippen LogP) is 10.2. The number of nitrogens with zero attached hydrogens (tertiary/aromatic N) is 2. The summed E-state index contributed by atoms with van der Waals surface area (Å²) in [5, 5.41) is 0. The summed E-state index contributed by atoms with van der Waals surface area (Å²) in [7, 11) is 2.22. The van der Waals surface area contributed by atoms with Gasteiger partial charge in [0.1, 0.15) is 0 Å². The molecule has 2 N–H and O–H groups in total. The SMILES string of the molecule is CC.CCC(N)(CC)c1ccc(C(C)(C)C)cc1-c1ccc2c(c1)N(C)c1ccccc1N2C1CCCCC1. The summed E-state index contributed by atoms with van der Waals surface area (Å²) in [5.41, 5.74) is 17.2. The van der Waals surface area contributed by atoms with Crippen molar-refractivity contribution in [2.24, 2.45) is 5.73 Å². The molecule has 0 bridgehead atoms.